The molecule has 4 aliphatic heterocycles. The number of carbonyl (C=O) groups is 12. The lowest BCUT2D eigenvalue weighted by Crippen LogP contribution is -2.57. The molecule has 2 bridgehead atoms. The molecule has 90 heavy (non-hydrogen) atoms. The van der Waals surface area contributed by atoms with Gasteiger partial charge in [0, 0.05) is 85.3 Å². The summed E-state index contributed by atoms with van der Waals surface area (Å²) in [6.45, 7) is 1.76. The minimum absolute atomic E-state index is 0.0334. The van der Waals surface area contributed by atoms with Gasteiger partial charge in [-0.25, -0.2) is 4.79 Å². The van der Waals surface area contributed by atoms with E-state index in [0.717, 1.165) is 22.0 Å². The molecule has 1 aromatic heterocycles. The highest BCUT2D eigenvalue weighted by Gasteiger charge is 2.41. The van der Waals surface area contributed by atoms with E-state index in [0.29, 0.717) is 42.8 Å². The number of amides is 7. The van der Waals surface area contributed by atoms with E-state index in [1.54, 1.807) is 20.0 Å². The molecule has 0 saturated carbocycles. The number of carbonyl (C=O) groups excluding carboxylic acids is 10. The maximum atomic E-state index is 15.0. The Labute approximate surface area is 530 Å². The lowest BCUT2D eigenvalue weighted by Gasteiger charge is -2.31. The number of aromatic nitrogens is 1. The molecule has 2 aromatic carbocycles. The number of benzene rings is 2. The van der Waals surface area contributed by atoms with Crippen LogP contribution in [-0.4, -0.2) is 199 Å². The first-order valence-corrected chi connectivity index (χ1v) is 32.9. The number of carboxylic acids is 2. The number of aliphatic hydroxyl groups is 2. The highest BCUT2D eigenvalue weighted by molar-refractivity contribution is 7.98. The number of aliphatic carboxylic acids is 2. The van der Waals surface area contributed by atoms with Crippen molar-refractivity contribution in [3.05, 3.63) is 71.4 Å². The zero-order valence-corrected chi connectivity index (χ0v) is 52.5. The molecular formula is C62H86N10O16S2. The summed E-state index contributed by atoms with van der Waals surface area (Å²) >= 11 is 2.63. The molecule has 10 atom stereocenters. The van der Waals surface area contributed by atoms with Crippen molar-refractivity contribution in [2.45, 2.75) is 151 Å². The largest absolute Gasteiger partial charge is 0.481 e. The number of nitrogens with one attached hydrogen (secondary N) is 6. The van der Waals surface area contributed by atoms with Gasteiger partial charge in [-0.15, -0.1) is 0 Å². The third-order valence-corrected chi connectivity index (χ3v) is 18.9. The molecule has 5 heterocycles. The number of nitrogens with zero attached hydrogens (tertiary/aromatic N) is 2. The highest BCUT2D eigenvalue weighted by Crippen LogP contribution is 2.27. The predicted molar refractivity (Wildman–Crippen MR) is 335 cm³/mol. The Hall–Kier alpha value is -7.24. The third-order valence-electron chi connectivity index (χ3n) is 16.6. The number of Topliss-reactive ketones (excluding diaryl/α,β-unsaturated/α-hetero) is 3. The third kappa shape index (κ3) is 20.6. The van der Waals surface area contributed by atoms with Crippen LogP contribution in [0.3, 0.4) is 0 Å². The average molecular weight is 1290 g/mol. The van der Waals surface area contributed by atoms with E-state index in [1.165, 1.54) is 33.3 Å². The Morgan fingerprint density at radius 2 is 1.40 bits per heavy atom. The lowest BCUT2D eigenvalue weighted by molar-refractivity contribution is -0.148. The van der Waals surface area contributed by atoms with Crippen LogP contribution in [0.1, 0.15) is 108 Å². The number of hydrogen-bond acceptors (Lipinski definition) is 18. The van der Waals surface area contributed by atoms with Gasteiger partial charge in [0.05, 0.1) is 55.6 Å². The molecule has 28 heteroatoms. The van der Waals surface area contributed by atoms with E-state index < -0.39 is 188 Å². The van der Waals surface area contributed by atoms with Crippen LogP contribution in [0, 0.1) is 23.7 Å². The molecular weight excluding hydrogens is 1200 g/mol. The quantitative estimate of drug-likeness (QED) is 0.0549. The number of nitrogens with two attached hydrogens (primary N) is 2. The Morgan fingerprint density at radius 3 is 2.04 bits per heavy atom. The van der Waals surface area contributed by atoms with Crippen LogP contribution in [0.15, 0.2) is 54.7 Å². The van der Waals surface area contributed by atoms with E-state index in [-0.39, 0.29) is 56.8 Å². The number of ketones is 3. The van der Waals surface area contributed by atoms with Crippen molar-refractivity contribution in [3.8, 4) is 0 Å². The maximum Gasteiger partial charge on any atom is 0.326 e. The molecule has 492 valence electrons. The second kappa shape index (κ2) is 35.4. The molecule has 0 radical (unpaired) electrons. The Balaban J connectivity index is 1.24. The predicted octanol–water partition coefficient (Wildman–Crippen LogP) is 0.700. The highest BCUT2D eigenvalue weighted by atomic mass is 32.2. The Kier molecular flexibility index (Phi) is 28.2. The fraction of sp³-hybridized carbons (Fsp3) is 0.581. The SMILES string of the molecule is CC(C)[C@@H]1NC(=O)[C@H](CO)CC(=O)[C@H](CCC(=O)O)NC(=O)[C@@H](CC(=O)C(N)CO)CSCc2ccc(cc2)CSC[C@@H](C(=O)N[C@@H](CCCCN)C(=O)N2CCC[C@H]2C(=O)N[C@@H](Cc2c[nH]c3ccccc23)C(=O)NCC(=O)N2CCCC2C(=O)O)CC1=O. The maximum absolute atomic E-state index is 15.0. The van der Waals surface area contributed by atoms with Gasteiger partial charge >= 0.3 is 11.9 Å². The fourth-order valence-electron chi connectivity index (χ4n) is 11.3. The summed E-state index contributed by atoms with van der Waals surface area (Å²) < 4.78 is 0. The molecule has 0 spiro atoms. The number of carboxylic acid groups (broad SMARTS) is 2. The molecule has 0 aliphatic carbocycles. The summed E-state index contributed by atoms with van der Waals surface area (Å²) in [5.74, 6) is -12.9. The van der Waals surface area contributed by atoms with Crippen LogP contribution in [0.5, 0.6) is 0 Å². The number of hydrogen-bond donors (Lipinski definition) is 12. The first-order valence-electron chi connectivity index (χ1n) is 30.6. The van der Waals surface area contributed by atoms with Crippen LogP contribution in [-0.2, 0) is 75.5 Å². The van der Waals surface area contributed by atoms with Gasteiger partial charge in [0.15, 0.2) is 17.3 Å². The van der Waals surface area contributed by atoms with Gasteiger partial charge in [-0.1, -0.05) is 56.3 Å². The van der Waals surface area contributed by atoms with Gasteiger partial charge in [0.2, 0.25) is 41.4 Å². The summed E-state index contributed by atoms with van der Waals surface area (Å²) in [4.78, 5) is 171. The van der Waals surface area contributed by atoms with E-state index in [1.807, 2.05) is 48.5 Å². The van der Waals surface area contributed by atoms with Gasteiger partial charge in [0.25, 0.3) is 0 Å². The summed E-state index contributed by atoms with van der Waals surface area (Å²) in [6, 6.07) is 6.13. The Morgan fingerprint density at radius 1 is 0.756 bits per heavy atom. The van der Waals surface area contributed by atoms with Crippen LogP contribution in [0.4, 0.5) is 0 Å². The Bertz CT molecular complexity index is 3040. The first kappa shape index (κ1) is 71.8. The molecule has 26 nitrogen and oxygen atoms in total. The number of fused-ring (bicyclic) bond motifs is 21. The standard InChI is InChI=1S/C62H86N10O16S2/c1-35(2)55-52(77)26-41(34-90-32-37-16-14-36(15-17-37)31-89-33-40(25-50(75)43(64)30-74)57(82)67-45(18-19-54(79)80)51(76)24-39(29-73)56(81)70-55)58(83)68-46(11-5-6-20-63)61(86)72-22-7-12-48(72)60(85)69-47(23-38-27-65-44-10-4-3-9-42(38)44)59(84)66-28-53(78)71-21-8-13-49(71)62(87)88/h3-4,9-10,14-17,27,35,39-41,43,45-49,55,65,73-74H,5-8,11-13,18-26,28-34,63-64H2,1-2H3,(H,66,84)(H,67,82)(H,68,83)(H,69,85)(H,70,81)(H,79,80)(H,87,88)/t39-,40-,41-,43?,45-,46-,47-,48-,49?,55-/m0/s1. The van der Waals surface area contributed by atoms with Crippen molar-refractivity contribution in [3.63, 3.8) is 0 Å². The normalized spacial score (nSPS) is 22.7. The number of H-pyrrole nitrogens is 1. The van der Waals surface area contributed by atoms with Gasteiger partial charge in [-0.2, -0.15) is 23.5 Å². The number of aliphatic hydroxyl groups excluding tert-OH is 2. The van der Waals surface area contributed by atoms with Crippen LogP contribution in [0.25, 0.3) is 10.9 Å². The smallest absolute Gasteiger partial charge is 0.326 e. The second-order valence-electron chi connectivity index (χ2n) is 23.6. The van der Waals surface area contributed by atoms with E-state index in [9.17, 15) is 78.0 Å². The summed E-state index contributed by atoms with van der Waals surface area (Å²) in [5, 5.41) is 53.7. The number of para-hydroxylation sites is 1. The molecule has 2 unspecified atom stereocenters. The van der Waals surface area contributed by atoms with Crippen molar-refractivity contribution in [1.29, 1.82) is 0 Å². The number of likely N-dealkylation sites (tertiary alicyclic amines) is 2. The first-order chi connectivity index (χ1) is 43.0. The summed E-state index contributed by atoms with van der Waals surface area (Å²) in [6.07, 6.45) is 1.40. The van der Waals surface area contributed by atoms with Gasteiger partial charge in [-0.3, -0.25) is 52.7 Å². The van der Waals surface area contributed by atoms with Crippen molar-refractivity contribution < 1.29 is 78.0 Å². The van der Waals surface area contributed by atoms with E-state index in [2.05, 4.69) is 31.6 Å². The van der Waals surface area contributed by atoms with Crippen molar-refractivity contribution >= 4 is 105 Å². The molecule has 4 aliphatic rings. The second-order valence-corrected chi connectivity index (χ2v) is 25.7. The van der Waals surface area contributed by atoms with Gasteiger partial charge < -0.3 is 73.3 Å². The lowest BCUT2D eigenvalue weighted by atomic mass is 9.90. The number of aromatic amines is 1. The van der Waals surface area contributed by atoms with Gasteiger partial charge in [0.1, 0.15) is 24.2 Å². The topological polar surface area (TPSA) is 420 Å². The van der Waals surface area contributed by atoms with E-state index >= 15 is 0 Å². The zero-order valence-electron chi connectivity index (χ0n) is 50.9. The van der Waals surface area contributed by atoms with Gasteiger partial charge in [-0.05, 0) is 86.6 Å². The summed E-state index contributed by atoms with van der Waals surface area (Å²) in [5.41, 5.74) is 14.8. The zero-order chi connectivity index (χ0) is 65.6. The fourth-order valence-corrected chi connectivity index (χ4v) is 13.5. The molecule has 7 amide bonds. The molecule has 2 saturated heterocycles. The molecule has 2 fully saturated rings. The van der Waals surface area contributed by atoms with E-state index in [4.69, 9.17) is 11.5 Å². The van der Waals surface area contributed by atoms with Crippen LogP contribution >= 0.6 is 23.5 Å². The molecule has 7 rings (SSSR count). The number of rotatable bonds is 24. The van der Waals surface area contributed by atoms with Crippen molar-refractivity contribution in [2.75, 3.05) is 50.9 Å². The minimum Gasteiger partial charge on any atom is -0.481 e. The number of unbranched alkanes of at least 4 members (excludes halogenated alkanes) is 1. The van der Waals surface area contributed by atoms with Crippen molar-refractivity contribution in [1.82, 2.24) is 41.4 Å². The van der Waals surface area contributed by atoms with Crippen LogP contribution < -0.4 is 38.1 Å². The van der Waals surface area contributed by atoms with Crippen LogP contribution in [0.2, 0.25) is 0 Å². The minimum atomic E-state index is -1.49. The number of thioether (sulfide) groups is 2. The molecule has 3 aromatic rings. The monoisotopic (exact) mass is 1290 g/mol. The average Bonchev–Trinajstić information content (AvgIpc) is 2.82. The van der Waals surface area contributed by atoms with Crippen molar-refractivity contribution in [2.24, 2.45) is 35.1 Å². The summed E-state index contributed by atoms with van der Waals surface area (Å²) in [7, 11) is 0. The molecule has 14 N–H and O–H groups in total.